The maximum Gasteiger partial charge on any atom is 0.339 e. The molecule has 0 saturated heterocycles. The van der Waals surface area contributed by atoms with Gasteiger partial charge in [-0.25, -0.2) is 4.79 Å². The molecule has 0 spiro atoms. The minimum atomic E-state index is -0.694. The van der Waals surface area contributed by atoms with Gasteiger partial charge in [-0.3, -0.25) is 0 Å². The molecule has 0 saturated carbocycles. The molecule has 0 bridgehead atoms. The van der Waals surface area contributed by atoms with Crippen molar-refractivity contribution in [3.63, 3.8) is 0 Å². The van der Waals surface area contributed by atoms with E-state index in [1.807, 2.05) is 6.07 Å². The lowest BCUT2D eigenvalue weighted by atomic mass is 10.2. The number of hydrogen-bond acceptors (Lipinski definition) is 3. The lowest BCUT2D eigenvalue weighted by Crippen LogP contribution is -2.05. The second kappa shape index (κ2) is 5.84. The zero-order valence-electron chi connectivity index (χ0n) is 8.43. The summed E-state index contributed by atoms with van der Waals surface area (Å²) in [5.74, 6) is 4.62. The first-order valence-corrected chi connectivity index (χ1v) is 4.59. The number of benzene rings is 1. The van der Waals surface area contributed by atoms with Gasteiger partial charge >= 0.3 is 5.97 Å². The molecule has 0 aliphatic rings. The van der Waals surface area contributed by atoms with Gasteiger partial charge in [-0.05, 0) is 19.1 Å². The van der Waals surface area contributed by atoms with E-state index in [4.69, 9.17) is 9.84 Å². The lowest BCUT2D eigenvalue weighted by Gasteiger charge is -1.99. The zero-order valence-corrected chi connectivity index (χ0v) is 8.43. The summed E-state index contributed by atoms with van der Waals surface area (Å²) < 4.78 is 4.85. The number of rotatable bonds is 2. The molecule has 0 fully saturated rings. The van der Waals surface area contributed by atoms with E-state index in [9.17, 15) is 4.79 Å². The molecular formula is C12H12O3. The first-order valence-electron chi connectivity index (χ1n) is 4.59. The summed E-state index contributed by atoms with van der Waals surface area (Å²) in [6.07, 6.45) is -0.694. The highest BCUT2D eigenvalue weighted by Crippen LogP contribution is 2.00. The molecule has 0 amide bonds. The molecule has 1 aromatic rings. The van der Waals surface area contributed by atoms with Crippen LogP contribution in [0.1, 0.15) is 17.3 Å². The highest BCUT2D eigenvalue weighted by molar-refractivity contribution is 5.89. The number of aliphatic hydroxyl groups is 1. The second-order valence-electron chi connectivity index (χ2n) is 2.94. The van der Waals surface area contributed by atoms with Crippen LogP contribution in [0.5, 0.6) is 0 Å². The van der Waals surface area contributed by atoms with E-state index in [2.05, 4.69) is 11.8 Å². The van der Waals surface area contributed by atoms with Crippen LogP contribution in [0.2, 0.25) is 0 Å². The summed E-state index contributed by atoms with van der Waals surface area (Å²) in [7, 11) is 0. The topological polar surface area (TPSA) is 46.5 Å². The summed E-state index contributed by atoms with van der Waals surface area (Å²) in [6, 6.07) is 8.69. The molecule has 1 rings (SSSR count). The van der Waals surface area contributed by atoms with Crippen molar-refractivity contribution in [3.05, 3.63) is 35.9 Å². The first-order chi connectivity index (χ1) is 7.20. The Morgan fingerprint density at radius 1 is 1.47 bits per heavy atom. The maximum absolute atomic E-state index is 11.3. The van der Waals surface area contributed by atoms with Crippen LogP contribution in [0.25, 0.3) is 0 Å². The SMILES string of the molecule is CC(O)C#CCOC(=O)c1ccccc1. The summed E-state index contributed by atoms with van der Waals surface area (Å²) in [5.41, 5.74) is 0.497. The molecule has 0 aliphatic carbocycles. The van der Waals surface area contributed by atoms with Crippen LogP contribution in [-0.4, -0.2) is 23.8 Å². The number of esters is 1. The number of ether oxygens (including phenoxy) is 1. The van der Waals surface area contributed by atoms with E-state index in [1.165, 1.54) is 0 Å². The largest absolute Gasteiger partial charge is 0.449 e. The molecule has 0 aliphatic heterocycles. The normalized spacial score (nSPS) is 11.1. The number of aliphatic hydroxyl groups excluding tert-OH is 1. The van der Waals surface area contributed by atoms with Crippen LogP contribution in [0.15, 0.2) is 30.3 Å². The highest BCUT2D eigenvalue weighted by Gasteiger charge is 2.03. The molecule has 1 aromatic carbocycles. The van der Waals surface area contributed by atoms with Crippen LogP contribution in [0.3, 0.4) is 0 Å². The Morgan fingerprint density at radius 2 is 2.13 bits per heavy atom. The lowest BCUT2D eigenvalue weighted by molar-refractivity contribution is 0.0556. The molecule has 78 valence electrons. The molecule has 3 heteroatoms. The third-order valence-corrected chi connectivity index (χ3v) is 1.60. The van der Waals surface area contributed by atoms with E-state index < -0.39 is 12.1 Å². The van der Waals surface area contributed by atoms with E-state index in [0.717, 1.165) is 0 Å². The molecule has 3 nitrogen and oxygen atoms in total. The minimum Gasteiger partial charge on any atom is -0.449 e. The van der Waals surface area contributed by atoms with E-state index in [0.29, 0.717) is 5.56 Å². The van der Waals surface area contributed by atoms with Crippen LogP contribution < -0.4 is 0 Å². The molecule has 1 unspecified atom stereocenters. The standard InChI is InChI=1S/C12H12O3/c1-10(13)6-5-9-15-12(14)11-7-3-2-4-8-11/h2-4,7-8,10,13H,9H2,1H3. The van der Waals surface area contributed by atoms with Gasteiger partial charge in [0, 0.05) is 0 Å². The van der Waals surface area contributed by atoms with Crippen LogP contribution >= 0.6 is 0 Å². The van der Waals surface area contributed by atoms with Gasteiger partial charge in [-0.15, -0.1) is 0 Å². The maximum atomic E-state index is 11.3. The monoisotopic (exact) mass is 204 g/mol. The molecular weight excluding hydrogens is 192 g/mol. The zero-order chi connectivity index (χ0) is 11.1. The van der Waals surface area contributed by atoms with Gasteiger partial charge in [0.2, 0.25) is 0 Å². The quantitative estimate of drug-likeness (QED) is 0.582. The fourth-order valence-corrected chi connectivity index (χ4v) is 0.949. The Balaban J connectivity index is 2.42. The smallest absolute Gasteiger partial charge is 0.339 e. The van der Waals surface area contributed by atoms with Crippen molar-refractivity contribution in [3.8, 4) is 11.8 Å². The molecule has 15 heavy (non-hydrogen) atoms. The Hall–Kier alpha value is -1.79. The third-order valence-electron chi connectivity index (χ3n) is 1.60. The minimum absolute atomic E-state index is 0.00136. The first kappa shape index (κ1) is 11.3. The highest BCUT2D eigenvalue weighted by atomic mass is 16.5. The van der Waals surface area contributed by atoms with Crippen molar-refractivity contribution in [1.82, 2.24) is 0 Å². The van der Waals surface area contributed by atoms with E-state index in [-0.39, 0.29) is 6.61 Å². The van der Waals surface area contributed by atoms with Gasteiger partial charge in [0.25, 0.3) is 0 Å². The predicted octanol–water partition coefficient (Wildman–Crippen LogP) is 1.23. The van der Waals surface area contributed by atoms with Crippen molar-refractivity contribution >= 4 is 5.97 Å². The third kappa shape index (κ3) is 4.30. The van der Waals surface area contributed by atoms with E-state index >= 15 is 0 Å². The van der Waals surface area contributed by atoms with E-state index in [1.54, 1.807) is 31.2 Å². The van der Waals surface area contributed by atoms with Gasteiger partial charge < -0.3 is 9.84 Å². The summed E-state index contributed by atoms with van der Waals surface area (Å²) in [4.78, 5) is 11.3. The van der Waals surface area contributed by atoms with Gasteiger partial charge in [-0.2, -0.15) is 0 Å². The second-order valence-corrected chi connectivity index (χ2v) is 2.94. The molecule has 1 atom stereocenters. The number of hydrogen-bond donors (Lipinski definition) is 1. The summed E-state index contributed by atoms with van der Waals surface area (Å²) in [6.45, 7) is 1.55. The van der Waals surface area contributed by atoms with Gasteiger partial charge in [0.1, 0.15) is 6.10 Å². The van der Waals surface area contributed by atoms with Crippen molar-refractivity contribution in [2.24, 2.45) is 0 Å². The summed E-state index contributed by atoms with van der Waals surface area (Å²) in [5, 5.41) is 8.82. The molecule has 1 N–H and O–H groups in total. The fraction of sp³-hybridized carbons (Fsp3) is 0.250. The van der Waals surface area contributed by atoms with Gasteiger partial charge in [0.15, 0.2) is 6.61 Å². The molecule has 0 aromatic heterocycles. The molecule has 0 heterocycles. The van der Waals surface area contributed by atoms with Crippen molar-refractivity contribution < 1.29 is 14.6 Å². The van der Waals surface area contributed by atoms with Gasteiger partial charge in [-0.1, -0.05) is 30.0 Å². The Bertz CT molecular complexity index is 371. The Morgan fingerprint density at radius 3 is 2.73 bits per heavy atom. The average Bonchev–Trinajstić information content (AvgIpc) is 2.25. The van der Waals surface area contributed by atoms with Crippen LogP contribution in [0.4, 0.5) is 0 Å². The summed E-state index contributed by atoms with van der Waals surface area (Å²) >= 11 is 0. The number of carbonyl (C=O) groups is 1. The van der Waals surface area contributed by atoms with Crippen LogP contribution in [0, 0.1) is 11.8 Å². The predicted molar refractivity (Wildman–Crippen MR) is 56.2 cm³/mol. The molecule has 0 radical (unpaired) electrons. The van der Waals surface area contributed by atoms with Crippen molar-refractivity contribution in [2.75, 3.05) is 6.61 Å². The Labute approximate surface area is 88.7 Å². The average molecular weight is 204 g/mol. The van der Waals surface area contributed by atoms with Crippen molar-refractivity contribution in [2.45, 2.75) is 13.0 Å². The van der Waals surface area contributed by atoms with Gasteiger partial charge in [0.05, 0.1) is 5.56 Å². The van der Waals surface area contributed by atoms with Crippen molar-refractivity contribution in [1.29, 1.82) is 0 Å². The Kier molecular flexibility index (Phi) is 4.39. The number of carbonyl (C=O) groups excluding carboxylic acids is 1. The fourth-order valence-electron chi connectivity index (χ4n) is 0.949. The van der Waals surface area contributed by atoms with Crippen LogP contribution in [-0.2, 0) is 4.74 Å².